The Kier molecular flexibility index (Phi) is 6.14. The molecule has 39 heavy (non-hydrogen) atoms. The van der Waals surface area contributed by atoms with Crippen molar-refractivity contribution < 1.29 is 13.4 Å². The molecule has 3 atom stereocenters. The van der Waals surface area contributed by atoms with Gasteiger partial charge in [0.05, 0.1) is 34.1 Å². The predicted octanol–water partition coefficient (Wildman–Crippen LogP) is 4.83. The summed E-state index contributed by atoms with van der Waals surface area (Å²) in [7, 11) is -0.777. The van der Waals surface area contributed by atoms with Crippen molar-refractivity contribution in [1.29, 1.82) is 0 Å². The van der Waals surface area contributed by atoms with Crippen molar-refractivity contribution in [3.63, 3.8) is 0 Å². The monoisotopic (exact) mass is 543 g/mol. The zero-order chi connectivity index (χ0) is 27.4. The van der Waals surface area contributed by atoms with Gasteiger partial charge in [-0.1, -0.05) is 5.57 Å². The Morgan fingerprint density at radius 2 is 2.00 bits per heavy atom. The highest BCUT2D eigenvalue weighted by atomic mass is 32.2. The number of fused-ring (bicyclic) bond motifs is 2. The third kappa shape index (κ3) is 4.54. The van der Waals surface area contributed by atoms with Crippen LogP contribution in [-0.4, -0.2) is 46.2 Å². The average molecular weight is 544 g/mol. The van der Waals surface area contributed by atoms with E-state index in [9.17, 15) is 13.4 Å². The second-order valence-electron chi connectivity index (χ2n) is 10.9. The largest absolute Gasteiger partial charge is 0.291 e. The van der Waals surface area contributed by atoms with Gasteiger partial charge in [0.15, 0.2) is 5.78 Å². The molecule has 9 heteroatoms. The van der Waals surface area contributed by atoms with Crippen LogP contribution in [-0.2, 0) is 23.0 Å². The number of hydrogen-bond donors (Lipinski definition) is 0. The number of nitrogens with zero attached hydrogens (tertiary/aromatic N) is 5. The van der Waals surface area contributed by atoms with Crippen molar-refractivity contribution in [2.75, 3.05) is 5.75 Å². The molecular formula is C30H30FN5O2S. The normalized spacial score (nSPS) is 21.9. The first-order valence-corrected chi connectivity index (χ1v) is 14.9. The molecular weight excluding hydrogens is 513 g/mol. The van der Waals surface area contributed by atoms with E-state index in [0.717, 1.165) is 34.5 Å². The summed E-state index contributed by atoms with van der Waals surface area (Å²) in [5.74, 6) is 4.20. The molecule has 0 N–H and O–H groups in total. The lowest BCUT2D eigenvalue weighted by molar-refractivity contribution is 0.0763. The molecule has 0 radical (unpaired) electrons. The Bertz CT molecular complexity index is 1720. The standard InChI is InChI=1S/C30H30FN5O2S/c1-20-10-11-32-27(12-20)29(37)30-14-21(19-39(3,38)26-17-33-35(2)18-26)4-5-23(30)13-28-22(15-30)16-34-36(28)25-8-6-24(31)7-9-25/h6-13,16-18,21H,3-5,14-15,19H2,1-2H3/t21-,30+,39?/m0/s1. The summed E-state index contributed by atoms with van der Waals surface area (Å²) >= 11 is 0. The first-order valence-electron chi connectivity index (χ1n) is 13.0. The quantitative estimate of drug-likeness (QED) is 0.257. The number of rotatable bonds is 6. The summed E-state index contributed by atoms with van der Waals surface area (Å²) in [5, 5.41) is 8.80. The molecule has 3 aromatic heterocycles. The van der Waals surface area contributed by atoms with Crippen LogP contribution in [0.4, 0.5) is 4.39 Å². The maximum atomic E-state index is 14.3. The molecule has 3 heterocycles. The summed E-state index contributed by atoms with van der Waals surface area (Å²) in [6.07, 6.45) is 11.5. The number of benzene rings is 1. The maximum absolute atomic E-state index is 14.3. The van der Waals surface area contributed by atoms with Crippen LogP contribution in [0.25, 0.3) is 11.8 Å². The molecule has 2 aliphatic carbocycles. The van der Waals surface area contributed by atoms with Crippen LogP contribution in [0.3, 0.4) is 0 Å². The number of carbonyl (C=O) groups is 1. The van der Waals surface area contributed by atoms with Gasteiger partial charge in [0, 0.05) is 25.2 Å². The van der Waals surface area contributed by atoms with Gasteiger partial charge in [0.25, 0.3) is 0 Å². The van der Waals surface area contributed by atoms with E-state index in [-0.39, 0.29) is 17.5 Å². The number of aromatic nitrogens is 5. The highest BCUT2D eigenvalue weighted by Crippen LogP contribution is 2.52. The number of Topliss-reactive ketones (excluding diaryl/α,β-unsaturated/α-hetero) is 1. The van der Waals surface area contributed by atoms with Gasteiger partial charge < -0.3 is 0 Å². The second-order valence-corrected chi connectivity index (χ2v) is 13.3. The molecule has 0 spiro atoms. The van der Waals surface area contributed by atoms with Gasteiger partial charge in [-0.05, 0) is 108 Å². The molecule has 200 valence electrons. The van der Waals surface area contributed by atoms with Gasteiger partial charge in [-0.15, -0.1) is 0 Å². The van der Waals surface area contributed by atoms with E-state index in [4.69, 9.17) is 0 Å². The molecule has 0 amide bonds. The maximum Gasteiger partial charge on any atom is 0.191 e. The Hall–Kier alpha value is -3.85. The number of ketones is 1. The van der Waals surface area contributed by atoms with Crippen molar-refractivity contribution >= 4 is 27.3 Å². The van der Waals surface area contributed by atoms with Crippen LogP contribution in [0.1, 0.15) is 46.6 Å². The van der Waals surface area contributed by atoms with Crippen LogP contribution in [0.5, 0.6) is 0 Å². The summed E-state index contributed by atoms with van der Waals surface area (Å²) in [6, 6.07) is 9.96. The molecule has 1 saturated carbocycles. The lowest BCUT2D eigenvalue weighted by atomic mass is 9.59. The van der Waals surface area contributed by atoms with Crippen LogP contribution in [0.2, 0.25) is 0 Å². The van der Waals surface area contributed by atoms with Gasteiger partial charge >= 0.3 is 0 Å². The second kappa shape index (κ2) is 9.41. The fourth-order valence-electron chi connectivity index (χ4n) is 6.12. The van der Waals surface area contributed by atoms with Crippen molar-refractivity contribution in [3.05, 3.63) is 95.1 Å². The highest BCUT2D eigenvalue weighted by molar-refractivity contribution is 8.00. The molecule has 0 saturated heterocycles. The van der Waals surface area contributed by atoms with Crippen LogP contribution < -0.4 is 0 Å². The number of hydrogen-bond acceptors (Lipinski definition) is 5. The lowest BCUT2D eigenvalue weighted by Crippen LogP contribution is -2.43. The molecule has 2 aliphatic rings. The van der Waals surface area contributed by atoms with Gasteiger partial charge in [0.1, 0.15) is 11.5 Å². The van der Waals surface area contributed by atoms with Crippen LogP contribution in [0, 0.1) is 24.1 Å². The number of pyridine rings is 1. The minimum Gasteiger partial charge on any atom is -0.291 e. The van der Waals surface area contributed by atoms with E-state index < -0.39 is 14.9 Å². The lowest BCUT2D eigenvalue weighted by Gasteiger charge is -2.44. The van der Waals surface area contributed by atoms with E-state index >= 15 is 0 Å². The van der Waals surface area contributed by atoms with Crippen molar-refractivity contribution in [2.45, 2.75) is 37.5 Å². The molecule has 6 rings (SSSR count). The Morgan fingerprint density at radius 3 is 2.72 bits per heavy atom. The summed E-state index contributed by atoms with van der Waals surface area (Å²) in [4.78, 5) is 19.4. The third-order valence-electron chi connectivity index (χ3n) is 8.03. The van der Waals surface area contributed by atoms with Gasteiger partial charge in [0.2, 0.25) is 0 Å². The topological polar surface area (TPSA) is 82.7 Å². The Morgan fingerprint density at radius 1 is 1.21 bits per heavy atom. The van der Waals surface area contributed by atoms with Crippen molar-refractivity contribution in [1.82, 2.24) is 24.5 Å². The molecule has 0 bridgehead atoms. The van der Waals surface area contributed by atoms with E-state index in [1.807, 2.05) is 19.1 Å². The van der Waals surface area contributed by atoms with Gasteiger partial charge in [-0.25, -0.2) is 9.07 Å². The predicted molar refractivity (Wildman–Crippen MR) is 150 cm³/mol. The minimum absolute atomic E-state index is 0.0146. The summed E-state index contributed by atoms with van der Waals surface area (Å²) in [5.41, 5.74) is 4.27. The van der Waals surface area contributed by atoms with E-state index in [1.165, 1.54) is 12.1 Å². The summed E-state index contributed by atoms with van der Waals surface area (Å²) in [6.45, 7) is 1.95. The Labute approximate surface area is 227 Å². The first-order chi connectivity index (χ1) is 18.6. The highest BCUT2D eigenvalue weighted by Gasteiger charge is 2.49. The van der Waals surface area contributed by atoms with Gasteiger partial charge in [-0.3, -0.25) is 18.7 Å². The minimum atomic E-state index is -2.57. The molecule has 1 fully saturated rings. The van der Waals surface area contributed by atoms with E-state index in [0.29, 0.717) is 35.6 Å². The smallest absolute Gasteiger partial charge is 0.191 e. The van der Waals surface area contributed by atoms with Crippen LogP contribution >= 0.6 is 0 Å². The van der Waals surface area contributed by atoms with Crippen molar-refractivity contribution in [2.24, 2.45) is 18.4 Å². The van der Waals surface area contributed by atoms with Crippen LogP contribution in [0.15, 0.2) is 71.7 Å². The zero-order valence-corrected chi connectivity index (χ0v) is 22.8. The van der Waals surface area contributed by atoms with Gasteiger partial charge in [-0.2, -0.15) is 10.2 Å². The average Bonchev–Trinajstić information content (AvgIpc) is 3.53. The first kappa shape index (κ1) is 25.4. The molecule has 7 nitrogen and oxygen atoms in total. The van der Waals surface area contributed by atoms with E-state index in [2.05, 4.69) is 27.1 Å². The molecule has 1 aromatic carbocycles. The third-order valence-corrected chi connectivity index (χ3v) is 10.1. The number of carbonyl (C=O) groups excluding carboxylic acids is 1. The fraction of sp³-hybridized carbons (Fsp3) is 0.300. The Balaban J connectivity index is 1.40. The van der Waals surface area contributed by atoms with Crippen molar-refractivity contribution in [3.8, 4) is 5.69 Å². The fourth-order valence-corrected chi connectivity index (χ4v) is 7.94. The number of allylic oxidation sites excluding steroid dienone is 1. The van der Waals surface area contributed by atoms with E-state index in [1.54, 1.807) is 53.3 Å². The molecule has 1 unspecified atom stereocenters. The summed E-state index contributed by atoms with van der Waals surface area (Å²) < 4.78 is 30.7. The number of halogens is 1. The molecule has 4 aromatic rings. The SMILES string of the molecule is C=S(=O)(C[C@H]1CCC2=Cc3c(cnn3-c3ccc(F)cc3)C[C@]2(C(=O)c2cc(C)ccn2)C1)c1cnn(C)c1. The number of aryl methyl sites for hydroxylation is 2. The zero-order valence-electron chi connectivity index (χ0n) is 22.0. The molecule has 0 aliphatic heterocycles.